The van der Waals surface area contributed by atoms with Crippen LogP contribution in [0.3, 0.4) is 0 Å². The molecule has 0 saturated heterocycles. The number of amides is 2. The van der Waals surface area contributed by atoms with Crippen molar-refractivity contribution in [3.05, 3.63) is 98.7 Å². The van der Waals surface area contributed by atoms with Crippen molar-refractivity contribution in [3.8, 4) is 23.0 Å². The number of ether oxygens (including phenoxy) is 1. The Morgan fingerprint density at radius 2 is 1.67 bits per heavy atom. The van der Waals surface area contributed by atoms with Crippen molar-refractivity contribution in [1.82, 2.24) is 34.2 Å². The Balaban J connectivity index is 1.44. The fraction of sp³-hybridized carbons (Fsp3) is 0.409. The van der Waals surface area contributed by atoms with Gasteiger partial charge in [-0.15, -0.1) is 0 Å². The zero-order valence-corrected chi connectivity index (χ0v) is 40.1. The molecule has 28 heteroatoms. The molecule has 0 bridgehead atoms. The monoisotopic (exact) mass is 1080 g/mol. The largest absolute Gasteiger partial charge is 0.469 e. The number of hydrogen-bond acceptors (Lipinski definition) is 10. The molecule has 2 N–H and O–H groups in total. The number of rotatable bonds is 15. The number of nitrogens with zero attached hydrogens (tertiary/aromatic N) is 6. The Labute approximate surface area is 409 Å². The third-order valence-corrected chi connectivity index (χ3v) is 14.9. The molecule has 2 aromatic carbocycles. The Bertz CT molecular complexity index is 3220. The van der Waals surface area contributed by atoms with Gasteiger partial charge in [0.05, 0.1) is 48.0 Å². The summed E-state index contributed by atoms with van der Waals surface area (Å²) in [5, 5.41) is 9.17. The van der Waals surface area contributed by atoms with Crippen LogP contribution in [0.4, 0.5) is 43.9 Å². The van der Waals surface area contributed by atoms with Gasteiger partial charge in [0.2, 0.25) is 11.8 Å². The van der Waals surface area contributed by atoms with Crippen molar-refractivity contribution in [2.45, 2.75) is 94.1 Å². The van der Waals surface area contributed by atoms with Crippen LogP contribution in [0.2, 0.25) is 5.02 Å². The van der Waals surface area contributed by atoms with Crippen molar-refractivity contribution < 1.29 is 80.2 Å². The first-order chi connectivity index (χ1) is 33.3. The SMILES string of the molecule is COC(=O)CCC(=O)N(Cc1nn(CC(F)(F)F)c2c(-c3ccc(C#CC(C)(C)S(C)(=O)=O)nc3C(Cc3cc(F)cc(F)c3)NC(=O)Cn3nc(C(F)(F)F)c4c3C(F)(F)[C@@H]3C[C@H]43)ccc(Cl)c12)S(=O)O. The Hall–Kier alpha value is -6.11. The van der Waals surface area contributed by atoms with Gasteiger partial charge < -0.3 is 10.1 Å². The summed E-state index contributed by atoms with van der Waals surface area (Å²) in [5.74, 6) is -7.01. The molecule has 1 saturated carbocycles. The van der Waals surface area contributed by atoms with E-state index < -0.39 is 164 Å². The van der Waals surface area contributed by atoms with E-state index in [4.69, 9.17) is 11.6 Å². The molecule has 2 unspecified atom stereocenters. The van der Waals surface area contributed by atoms with Gasteiger partial charge in [-0.25, -0.2) is 30.7 Å². The predicted molar refractivity (Wildman–Crippen MR) is 235 cm³/mol. The summed E-state index contributed by atoms with van der Waals surface area (Å²) in [7, 11) is -2.88. The Morgan fingerprint density at radius 1 is 1.01 bits per heavy atom. The fourth-order valence-electron chi connectivity index (χ4n) is 8.26. The molecular weight excluding hydrogens is 1040 g/mol. The standard InChI is InChI=1S/C44H38ClF10N7O8S2/c1-41(2,72(4,68)69)12-11-24-5-6-25(26-7-8-29(45)36-31(58-61(38(26)36)20-42(48,49)50)18-62(71(66)67)33(64)9-10-34(65)70-3)37(56-24)30(15-21-13-22(46)16-23(47)14-21)57-32(63)19-60-40-35(39(59-60)44(53,54)55)27-17-28(27)43(40,51)52/h5-8,13-14,16,27-28,30H,9-10,15,17-20H2,1-4H3,(H,57,63)(H,66,67)/t27-,28+,30?/m0/s1. The second-order valence-electron chi connectivity index (χ2n) is 17.4. The lowest BCUT2D eigenvalue weighted by Gasteiger charge is -2.23. The normalized spacial score (nSPS) is 17.1. The highest BCUT2D eigenvalue weighted by Gasteiger charge is 2.68. The number of hydrogen-bond donors (Lipinski definition) is 2. The smallest absolute Gasteiger partial charge is 0.435 e. The first-order valence-electron chi connectivity index (χ1n) is 21.1. The molecule has 0 spiro atoms. The van der Waals surface area contributed by atoms with Crippen LogP contribution < -0.4 is 5.32 Å². The van der Waals surface area contributed by atoms with E-state index in [1.54, 1.807) is 0 Å². The summed E-state index contributed by atoms with van der Waals surface area (Å²) in [6.45, 7) is -1.67. The maximum atomic E-state index is 15.6. The third-order valence-electron chi connectivity index (χ3n) is 11.9. The first-order valence-corrected chi connectivity index (χ1v) is 24.4. The summed E-state index contributed by atoms with van der Waals surface area (Å²) in [6, 6.07) is 5.03. The molecule has 2 amide bonds. The highest BCUT2D eigenvalue weighted by Crippen LogP contribution is 2.68. The highest BCUT2D eigenvalue weighted by atomic mass is 35.5. The van der Waals surface area contributed by atoms with Crippen LogP contribution in [0.25, 0.3) is 22.0 Å². The Morgan fingerprint density at radius 3 is 2.26 bits per heavy atom. The first kappa shape index (κ1) is 53.7. The summed E-state index contributed by atoms with van der Waals surface area (Å²) < 4.78 is 198. The zero-order chi connectivity index (χ0) is 53.2. The molecule has 2 aliphatic rings. The van der Waals surface area contributed by atoms with Gasteiger partial charge in [-0.3, -0.25) is 28.3 Å². The quantitative estimate of drug-likeness (QED) is 0.0451. The van der Waals surface area contributed by atoms with Crippen LogP contribution >= 0.6 is 11.6 Å². The number of fused-ring (bicyclic) bond motifs is 4. The molecule has 3 aromatic heterocycles. The summed E-state index contributed by atoms with van der Waals surface area (Å²) in [5.41, 5.74) is -5.99. The van der Waals surface area contributed by atoms with Gasteiger partial charge in [0.1, 0.15) is 40.9 Å². The van der Waals surface area contributed by atoms with E-state index in [0.717, 1.165) is 37.6 Å². The van der Waals surface area contributed by atoms with Gasteiger partial charge >= 0.3 is 18.3 Å². The minimum absolute atomic E-state index is 0.199. The molecule has 1 fully saturated rings. The van der Waals surface area contributed by atoms with Crippen LogP contribution in [-0.2, 0) is 78.4 Å². The average molecular weight is 1080 g/mol. The third kappa shape index (κ3) is 11.1. The molecule has 2 aliphatic carbocycles. The van der Waals surface area contributed by atoms with Gasteiger partial charge in [0.15, 0.2) is 15.5 Å². The van der Waals surface area contributed by atoms with Gasteiger partial charge in [-0.05, 0) is 74.4 Å². The van der Waals surface area contributed by atoms with Gasteiger partial charge in [0.25, 0.3) is 17.2 Å². The number of aromatic nitrogens is 5. The molecule has 3 heterocycles. The van der Waals surface area contributed by atoms with E-state index >= 15 is 8.78 Å². The number of nitrogens with one attached hydrogen (secondary N) is 1. The number of halogens is 11. The van der Waals surface area contributed by atoms with Crippen LogP contribution in [0.1, 0.15) is 84.7 Å². The molecule has 0 radical (unpaired) electrons. The summed E-state index contributed by atoms with van der Waals surface area (Å²) in [6.07, 6.45) is -11.6. The highest BCUT2D eigenvalue weighted by molar-refractivity contribution is 7.92. The molecule has 386 valence electrons. The number of pyridine rings is 1. The van der Waals surface area contributed by atoms with E-state index in [9.17, 15) is 66.7 Å². The molecule has 7 rings (SSSR count). The minimum Gasteiger partial charge on any atom is -0.469 e. The van der Waals surface area contributed by atoms with Crippen molar-refractivity contribution >= 4 is 61.4 Å². The van der Waals surface area contributed by atoms with Crippen LogP contribution in [0.15, 0.2) is 42.5 Å². The maximum absolute atomic E-state index is 15.6. The molecule has 72 heavy (non-hydrogen) atoms. The van der Waals surface area contributed by atoms with E-state index in [1.807, 2.05) is 0 Å². The number of esters is 1. The van der Waals surface area contributed by atoms with Crippen LogP contribution in [0, 0.1) is 29.4 Å². The summed E-state index contributed by atoms with van der Waals surface area (Å²) >= 11 is 3.45. The number of alkyl halides is 8. The minimum atomic E-state index is -5.22. The summed E-state index contributed by atoms with van der Waals surface area (Å²) in [4.78, 5) is 43.5. The van der Waals surface area contributed by atoms with Gasteiger partial charge in [0, 0.05) is 46.7 Å². The van der Waals surface area contributed by atoms with E-state index in [2.05, 4.69) is 37.1 Å². The molecule has 15 nitrogen and oxygen atoms in total. The van der Waals surface area contributed by atoms with Gasteiger partial charge in [-0.2, -0.15) is 45.3 Å². The van der Waals surface area contributed by atoms with Crippen molar-refractivity contribution in [2.75, 3.05) is 13.4 Å². The van der Waals surface area contributed by atoms with Crippen molar-refractivity contribution in [2.24, 2.45) is 5.92 Å². The number of carbonyl (C=O) groups excluding carboxylic acids is 3. The molecule has 0 aliphatic heterocycles. The fourth-order valence-corrected chi connectivity index (χ4v) is 9.26. The van der Waals surface area contributed by atoms with E-state index in [1.165, 1.54) is 26.0 Å². The molecule has 4 atom stereocenters. The predicted octanol–water partition coefficient (Wildman–Crippen LogP) is 7.71. The zero-order valence-electron chi connectivity index (χ0n) is 37.7. The van der Waals surface area contributed by atoms with E-state index in [0.29, 0.717) is 10.7 Å². The van der Waals surface area contributed by atoms with Gasteiger partial charge in [-0.1, -0.05) is 23.6 Å². The second kappa shape index (κ2) is 19.4. The lowest BCUT2D eigenvalue weighted by molar-refractivity contribution is -0.143. The number of sulfone groups is 1. The topological polar surface area (TPSA) is 196 Å². The van der Waals surface area contributed by atoms with Crippen molar-refractivity contribution in [3.63, 3.8) is 0 Å². The number of carbonyl (C=O) groups is 3. The van der Waals surface area contributed by atoms with Crippen LogP contribution in [-0.4, -0.2) is 88.1 Å². The lowest BCUT2D eigenvalue weighted by Crippen LogP contribution is -2.35. The van der Waals surface area contributed by atoms with Crippen molar-refractivity contribution in [1.29, 1.82) is 0 Å². The molecule has 5 aromatic rings. The Kier molecular flexibility index (Phi) is 14.5. The number of methoxy groups -OCH3 is 1. The molecular formula is C44H38ClF10N7O8S2. The maximum Gasteiger partial charge on any atom is 0.435 e. The van der Waals surface area contributed by atoms with Crippen LogP contribution in [0.5, 0.6) is 0 Å². The lowest BCUT2D eigenvalue weighted by atomic mass is 9.93. The second-order valence-corrected chi connectivity index (χ2v) is 21.3. The van der Waals surface area contributed by atoms with E-state index in [-0.39, 0.29) is 48.2 Å². The number of benzene rings is 2. The average Bonchev–Trinajstić information content (AvgIpc) is 3.78.